The molecule has 2 amide bonds. The molecule has 2 aromatic rings. The second-order valence-corrected chi connectivity index (χ2v) is 6.74. The van der Waals surface area contributed by atoms with Gasteiger partial charge in [-0.2, -0.15) is 5.26 Å². The minimum Gasteiger partial charge on any atom is -0.335 e. The number of hydrogen-bond acceptors (Lipinski definition) is 3. The Balaban J connectivity index is 1.65. The fraction of sp³-hybridized carbons (Fsp3) is 0.450. The fourth-order valence-corrected chi connectivity index (χ4v) is 3.44. The van der Waals surface area contributed by atoms with Crippen LogP contribution in [-0.4, -0.2) is 33.6 Å². The van der Waals surface area contributed by atoms with Crippen molar-refractivity contribution in [2.45, 2.75) is 45.1 Å². The van der Waals surface area contributed by atoms with E-state index in [-0.39, 0.29) is 11.9 Å². The third kappa shape index (κ3) is 4.23. The van der Waals surface area contributed by atoms with Gasteiger partial charge >= 0.3 is 6.03 Å². The topological polar surface area (TPSA) is 74.0 Å². The van der Waals surface area contributed by atoms with Gasteiger partial charge in [0.05, 0.1) is 11.6 Å². The van der Waals surface area contributed by atoms with Crippen molar-refractivity contribution in [2.75, 3.05) is 18.4 Å². The van der Waals surface area contributed by atoms with E-state index in [4.69, 9.17) is 5.26 Å². The highest BCUT2D eigenvalue weighted by molar-refractivity contribution is 5.89. The van der Waals surface area contributed by atoms with Crippen molar-refractivity contribution in [3.63, 3.8) is 0 Å². The summed E-state index contributed by atoms with van der Waals surface area (Å²) in [5, 5.41) is 11.9. The number of amides is 2. The smallest absolute Gasteiger partial charge is 0.321 e. The van der Waals surface area contributed by atoms with Crippen molar-refractivity contribution < 1.29 is 4.79 Å². The van der Waals surface area contributed by atoms with Crippen molar-refractivity contribution in [1.82, 2.24) is 14.5 Å². The molecule has 1 aromatic carbocycles. The molecular weight excluding hydrogens is 326 g/mol. The Labute approximate surface area is 154 Å². The Bertz CT molecular complexity index is 791. The molecule has 0 unspecified atom stereocenters. The van der Waals surface area contributed by atoms with Crippen molar-refractivity contribution in [3.8, 4) is 6.07 Å². The Morgan fingerprint density at radius 3 is 3.15 bits per heavy atom. The summed E-state index contributed by atoms with van der Waals surface area (Å²) in [5.41, 5.74) is 1.19. The number of aromatic nitrogens is 2. The monoisotopic (exact) mass is 351 g/mol. The lowest BCUT2D eigenvalue weighted by Crippen LogP contribution is -2.42. The van der Waals surface area contributed by atoms with Gasteiger partial charge in [-0.15, -0.1) is 0 Å². The van der Waals surface area contributed by atoms with Gasteiger partial charge in [0.2, 0.25) is 0 Å². The van der Waals surface area contributed by atoms with E-state index < -0.39 is 0 Å². The molecule has 6 heteroatoms. The van der Waals surface area contributed by atoms with Gasteiger partial charge in [-0.25, -0.2) is 9.78 Å². The SMILES string of the molecule is CCCCn1ccnc1[C@H]1CCCN(C(=O)Nc2cccc(C#N)c2)C1. The average molecular weight is 351 g/mol. The van der Waals surface area contributed by atoms with Crippen LogP contribution in [0.5, 0.6) is 0 Å². The van der Waals surface area contributed by atoms with Crippen LogP contribution in [0.3, 0.4) is 0 Å². The first-order valence-corrected chi connectivity index (χ1v) is 9.28. The van der Waals surface area contributed by atoms with Crippen LogP contribution in [0.4, 0.5) is 10.5 Å². The lowest BCUT2D eigenvalue weighted by molar-refractivity contribution is 0.190. The van der Waals surface area contributed by atoms with Gasteiger partial charge < -0.3 is 14.8 Å². The molecule has 0 saturated carbocycles. The Morgan fingerprint density at radius 2 is 2.35 bits per heavy atom. The first-order valence-electron chi connectivity index (χ1n) is 9.28. The van der Waals surface area contributed by atoms with E-state index in [0.717, 1.165) is 44.6 Å². The number of piperidine rings is 1. The standard InChI is InChI=1S/C20H25N5O/c1-2-3-10-24-12-9-22-19(24)17-7-5-11-25(15-17)20(26)23-18-8-4-6-16(13-18)14-21/h4,6,8-9,12-13,17H,2-3,5,7,10-11,15H2,1H3,(H,23,26)/t17-/m0/s1. The van der Waals surface area contributed by atoms with Gasteiger partial charge in [-0.05, 0) is 37.5 Å². The van der Waals surface area contributed by atoms with Crippen LogP contribution in [0.25, 0.3) is 0 Å². The molecule has 0 bridgehead atoms. The second-order valence-electron chi connectivity index (χ2n) is 6.74. The van der Waals surface area contributed by atoms with E-state index in [1.165, 1.54) is 0 Å². The molecule has 1 aromatic heterocycles. The van der Waals surface area contributed by atoms with E-state index in [1.54, 1.807) is 24.3 Å². The number of urea groups is 1. The number of imidazole rings is 1. The fourth-order valence-electron chi connectivity index (χ4n) is 3.44. The predicted octanol–water partition coefficient (Wildman–Crippen LogP) is 3.97. The number of anilines is 1. The average Bonchev–Trinajstić information content (AvgIpc) is 3.15. The summed E-state index contributed by atoms with van der Waals surface area (Å²) in [7, 11) is 0. The minimum absolute atomic E-state index is 0.114. The van der Waals surface area contributed by atoms with Crippen LogP contribution < -0.4 is 5.32 Å². The summed E-state index contributed by atoms with van der Waals surface area (Å²) >= 11 is 0. The van der Waals surface area contributed by atoms with Crippen molar-refractivity contribution in [1.29, 1.82) is 5.26 Å². The Morgan fingerprint density at radius 1 is 1.46 bits per heavy atom. The van der Waals surface area contributed by atoms with Gasteiger partial charge in [-0.1, -0.05) is 19.4 Å². The molecule has 136 valence electrons. The number of nitriles is 1. The minimum atomic E-state index is -0.114. The quantitative estimate of drug-likeness (QED) is 0.886. The summed E-state index contributed by atoms with van der Waals surface area (Å²) < 4.78 is 2.23. The third-order valence-electron chi connectivity index (χ3n) is 4.82. The van der Waals surface area contributed by atoms with E-state index in [1.807, 2.05) is 17.3 Å². The van der Waals surface area contributed by atoms with Crippen LogP contribution in [0.15, 0.2) is 36.7 Å². The number of carbonyl (C=O) groups excluding carboxylic acids is 1. The maximum atomic E-state index is 12.6. The number of hydrogen-bond donors (Lipinski definition) is 1. The molecule has 0 radical (unpaired) electrons. The number of aryl methyl sites for hydroxylation is 1. The highest BCUT2D eigenvalue weighted by Gasteiger charge is 2.27. The van der Waals surface area contributed by atoms with Crippen LogP contribution in [-0.2, 0) is 6.54 Å². The molecular formula is C20H25N5O. The third-order valence-corrected chi connectivity index (χ3v) is 4.82. The van der Waals surface area contributed by atoms with E-state index in [2.05, 4.69) is 27.9 Å². The van der Waals surface area contributed by atoms with Crippen LogP contribution >= 0.6 is 0 Å². The highest BCUT2D eigenvalue weighted by Crippen LogP contribution is 2.26. The van der Waals surface area contributed by atoms with E-state index in [0.29, 0.717) is 17.8 Å². The zero-order chi connectivity index (χ0) is 18.4. The summed E-state index contributed by atoms with van der Waals surface area (Å²) in [6.07, 6.45) is 8.21. The normalized spacial score (nSPS) is 16.9. The molecule has 26 heavy (non-hydrogen) atoms. The molecule has 3 rings (SSSR count). The second kappa shape index (κ2) is 8.52. The lowest BCUT2D eigenvalue weighted by atomic mass is 9.97. The number of nitrogens with one attached hydrogen (secondary N) is 1. The number of unbranched alkanes of at least 4 members (excludes halogenated alkanes) is 1. The number of carbonyl (C=O) groups is 1. The summed E-state index contributed by atoms with van der Waals surface area (Å²) in [5.74, 6) is 1.36. The maximum Gasteiger partial charge on any atom is 0.321 e. The van der Waals surface area contributed by atoms with Gasteiger partial charge in [0.15, 0.2) is 0 Å². The lowest BCUT2D eigenvalue weighted by Gasteiger charge is -2.32. The molecule has 1 fully saturated rings. The number of nitrogens with zero attached hydrogens (tertiary/aromatic N) is 4. The molecule has 1 saturated heterocycles. The number of likely N-dealkylation sites (tertiary alicyclic amines) is 1. The van der Waals surface area contributed by atoms with E-state index >= 15 is 0 Å². The Hall–Kier alpha value is -2.81. The maximum absolute atomic E-state index is 12.6. The zero-order valence-corrected chi connectivity index (χ0v) is 15.2. The molecule has 1 aliphatic rings. The Kier molecular flexibility index (Phi) is 5.90. The van der Waals surface area contributed by atoms with Crippen LogP contribution in [0, 0.1) is 11.3 Å². The van der Waals surface area contributed by atoms with Crippen LogP contribution in [0.2, 0.25) is 0 Å². The number of benzene rings is 1. The van der Waals surface area contributed by atoms with Crippen LogP contribution in [0.1, 0.15) is 49.9 Å². The molecule has 1 N–H and O–H groups in total. The van der Waals surface area contributed by atoms with Crippen molar-refractivity contribution in [2.24, 2.45) is 0 Å². The van der Waals surface area contributed by atoms with Gasteiger partial charge in [0, 0.05) is 43.6 Å². The molecule has 0 spiro atoms. The molecule has 6 nitrogen and oxygen atoms in total. The predicted molar refractivity (Wildman–Crippen MR) is 101 cm³/mol. The highest BCUT2D eigenvalue weighted by atomic mass is 16.2. The molecule has 1 atom stereocenters. The van der Waals surface area contributed by atoms with Crippen molar-refractivity contribution >= 4 is 11.7 Å². The van der Waals surface area contributed by atoms with Gasteiger partial charge in [0.25, 0.3) is 0 Å². The summed E-state index contributed by atoms with van der Waals surface area (Å²) in [4.78, 5) is 19.1. The molecule has 2 heterocycles. The number of rotatable bonds is 5. The summed E-state index contributed by atoms with van der Waals surface area (Å²) in [6.45, 7) is 4.59. The zero-order valence-electron chi connectivity index (χ0n) is 15.2. The van der Waals surface area contributed by atoms with Gasteiger partial charge in [0.1, 0.15) is 5.82 Å². The largest absolute Gasteiger partial charge is 0.335 e. The summed E-state index contributed by atoms with van der Waals surface area (Å²) in [6, 6.07) is 8.97. The van der Waals surface area contributed by atoms with Gasteiger partial charge in [-0.3, -0.25) is 0 Å². The van der Waals surface area contributed by atoms with E-state index in [9.17, 15) is 4.79 Å². The van der Waals surface area contributed by atoms with Crippen molar-refractivity contribution in [3.05, 3.63) is 48.0 Å². The molecule has 1 aliphatic heterocycles. The molecule has 0 aliphatic carbocycles. The first-order chi connectivity index (χ1) is 12.7. The first kappa shape index (κ1) is 18.0.